The van der Waals surface area contributed by atoms with Gasteiger partial charge in [0.2, 0.25) is 0 Å². The predicted molar refractivity (Wildman–Crippen MR) is 67.7 cm³/mol. The van der Waals surface area contributed by atoms with Gasteiger partial charge in [-0.05, 0) is 25.5 Å². The van der Waals surface area contributed by atoms with Crippen LogP contribution in [0, 0.1) is 6.08 Å². The van der Waals surface area contributed by atoms with Crippen LogP contribution in [0.4, 0.5) is 30.7 Å². The zero-order valence-corrected chi connectivity index (χ0v) is 13.2. The summed E-state index contributed by atoms with van der Waals surface area (Å²) in [6.45, 7) is 2.57. The molecule has 0 bridgehead atoms. The van der Waals surface area contributed by atoms with Gasteiger partial charge in [-0.2, -0.15) is 26.3 Å². The van der Waals surface area contributed by atoms with Crippen LogP contribution >= 0.6 is 15.9 Å². The first-order valence-electron chi connectivity index (χ1n) is 5.85. The minimum absolute atomic E-state index is 0.106. The number of hydrogen-bond acceptors (Lipinski definition) is 2. The smallest absolute Gasteiger partial charge is 0.378 e. The van der Waals surface area contributed by atoms with Crippen molar-refractivity contribution in [2.24, 2.45) is 0 Å². The Morgan fingerprint density at radius 1 is 1.18 bits per heavy atom. The highest BCUT2D eigenvalue weighted by Gasteiger charge is 2.75. The van der Waals surface area contributed by atoms with E-state index in [4.69, 9.17) is 4.74 Å². The van der Waals surface area contributed by atoms with E-state index in [0.29, 0.717) is 6.08 Å². The molecule has 0 fully saturated rings. The fourth-order valence-electron chi connectivity index (χ4n) is 1.82. The Morgan fingerprint density at radius 2 is 1.64 bits per heavy atom. The molecule has 1 radical (unpaired) electrons. The third-order valence-electron chi connectivity index (χ3n) is 3.12. The molecule has 0 spiro atoms. The van der Waals surface area contributed by atoms with Gasteiger partial charge in [-0.1, -0.05) is 15.9 Å². The van der Waals surface area contributed by atoms with Gasteiger partial charge in [0.15, 0.2) is 0 Å². The van der Waals surface area contributed by atoms with Crippen molar-refractivity contribution in [1.29, 1.82) is 0 Å². The normalized spacial score (nSPS) is 25.2. The molecule has 1 rings (SSSR count). The fourth-order valence-corrected chi connectivity index (χ4v) is 2.53. The minimum atomic E-state index is -6.19. The Balaban J connectivity index is 3.44. The Hall–Kier alpha value is -0.770. The summed E-state index contributed by atoms with van der Waals surface area (Å²) < 4.78 is 94.0. The predicted octanol–water partition coefficient (Wildman–Crippen LogP) is 4.18. The van der Waals surface area contributed by atoms with E-state index in [9.17, 15) is 30.7 Å². The van der Waals surface area contributed by atoms with Crippen LogP contribution in [0.2, 0.25) is 0 Å². The molecule has 0 saturated heterocycles. The van der Waals surface area contributed by atoms with Crippen LogP contribution in [-0.4, -0.2) is 35.7 Å². The van der Waals surface area contributed by atoms with Crippen molar-refractivity contribution in [3.05, 3.63) is 23.4 Å². The second kappa shape index (κ2) is 5.70. The van der Waals surface area contributed by atoms with Crippen molar-refractivity contribution >= 4 is 15.9 Å². The molecule has 10 heteroatoms. The molecule has 22 heavy (non-hydrogen) atoms. The van der Waals surface area contributed by atoms with E-state index >= 15 is 0 Å². The van der Waals surface area contributed by atoms with Gasteiger partial charge >= 0.3 is 18.0 Å². The lowest BCUT2D eigenvalue weighted by Crippen LogP contribution is -2.62. The molecule has 0 saturated carbocycles. The molecule has 127 valence electrons. The zero-order valence-electron chi connectivity index (χ0n) is 11.6. The van der Waals surface area contributed by atoms with Crippen molar-refractivity contribution in [3.8, 4) is 0 Å². The van der Waals surface area contributed by atoms with E-state index in [1.54, 1.807) is 0 Å². The van der Waals surface area contributed by atoms with Gasteiger partial charge < -0.3 is 10.1 Å². The number of halogens is 8. The first-order chi connectivity index (χ1) is 9.69. The number of dihydropyridines is 1. The van der Waals surface area contributed by atoms with Crippen molar-refractivity contribution in [3.63, 3.8) is 0 Å². The van der Waals surface area contributed by atoms with Gasteiger partial charge in [0, 0.05) is 13.2 Å². The monoisotopic (exact) mass is 398 g/mol. The second-order valence-electron chi connectivity index (χ2n) is 4.73. The average molecular weight is 399 g/mol. The third kappa shape index (κ3) is 3.12. The summed E-state index contributed by atoms with van der Waals surface area (Å²) in [4.78, 5) is 0. The van der Waals surface area contributed by atoms with Crippen LogP contribution in [0.15, 0.2) is 17.3 Å². The van der Waals surface area contributed by atoms with Crippen molar-refractivity contribution in [2.45, 2.75) is 42.4 Å². The SMILES string of the molecule is COC(C)C1(Br)[C]=C(C)C=C(C(F)(C(F)(F)F)C(F)(F)F)N1. The van der Waals surface area contributed by atoms with Gasteiger partial charge in [0.05, 0.1) is 11.8 Å². The first-order valence-corrected chi connectivity index (χ1v) is 6.64. The van der Waals surface area contributed by atoms with Gasteiger partial charge in [0.25, 0.3) is 0 Å². The number of nitrogens with one attached hydrogen (secondary N) is 1. The number of ether oxygens (including phenoxy) is 1. The molecular weight excluding hydrogens is 387 g/mol. The number of alkyl halides is 8. The van der Waals surface area contributed by atoms with Gasteiger partial charge in [0.1, 0.15) is 4.45 Å². The molecule has 0 amide bonds. The minimum Gasteiger partial charge on any atom is -0.378 e. The number of allylic oxidation sites excluding steroid dienone is 3. The Labute approximate surface area is 130 Å². The first kappa shape index (κ1) is 19.3. The lowest BCUT2D eigenvalue weighted by atomic mass is 9.93. The quantitative estimate of drug-likeness (QED) is 0.437. The van der Waals surface area contributed by atoms with E-state index in [0.717, 1.165) is 0 Å². The molecule has 2 nitrogen and oxygen atoms in total. The molecule has 0 aromatic carbocycles. The molecule has 1 aliphatic rings. The van der Waals surface area contributed by atoms with E-state index in [2.05, 4.69) is 22.0 Å². The third-order valence-corrected chi connectivity index (χ3v) is 4.16. The molecule has 1 aliphatic heterocycles. The zero-order chi connectivity index (χ0) is 17.6. The largest absolute Gasteiger partial charge is 0.437 e. The Bertz CT molecular complexity index is 483. The molecular formula is C12H12BrF7NO. The number of methoxy groups -OCH3 is 1. The molecule has 0 aliphatic carbocycles. The van der Waals surface area contributed by atoms with Crippen LogP contribution in [0.1, 0.15) is 13.8 Å². The molecule has 0 aromatic heterocycles. The Kier molecular flexibility index (Phi) is 4.99. The fraction of sp³-hybridized carbons (Fsp3) is 0.667. The summed E-state index contributed by atoms with van der Waals surface area (Å²) in [5.41, 5.74) is -7.31. The van der Waals surface area contributed by atoms with Gasteiger partial charge in [-0.25, -0.2) is 4.39 Å². The summed E-state index contributed by atoms with van der Waals surface area (Å²) in [5.74, 6) is 0. The van der Waals surface area contributed by atoms with E-state index < -0.39 is 34.3 Å². The average Bonchev–Trinajstić information content (AvgIpc) is 2.32. The highest BCUT2D eigenvalue weighted by molar-refractivity contribution is 9.10. The van der Waals surface area contributed by atoms with Crippen molar-refractivity contribution in [1.82, 2.24) is 5.32 Å². The molecule has 2 atom stereocenters. The number of rotatable bonds is 3. The molecule has 1 heterocycles. The summed E-state index contributed by atoms with van der Waals surface area (Å²) in [6.07, 6.45) is -10.3. The lowest BCUT2D eigenvalue weighted by Gasteiger charge is -2.40. The highest BCUT2D eigenvalue weighted by Crippen LogP contribution is 2.51. The lowest BCUT2D eigenvalue weighted by molar-refractivity contribution is -0.328. The van der Waals surface area contributed by atoms with E-state index in [-0.39, 0.29) is 5.57 Å². The van der Waals surface area contributed by atoms with Crippen LogP contribution in [0.25, 0.3) is 0 Å². The van der Waals surface area contributed by atoms with E-state index in [1.165, 1.54) is 21.0 Å². The van der Waals surface area contributed by atoms with Crippen LogP contribution in [0.3, 0.4) is 0 Å². The Morgan fingerprint density at radius 3 is 2.00 bits per heavy atom. The second-order valence-corrected chi connectivity index (χ2v) is 5.99. The van der Waals surface area contributed by atoms with E-state index in [1.807, 2.05) is 5.32 Å². The summed E-state index contributed by atoms with van der Waals surface area (Å²) in [7, 11) is 1.20. The van der Waals surface area contributed by atoms with Gasteiger partial charge in [-0.3, -0.25) is 0 Å². The van der Waals surface area contributed by atoms with Crippen molar-refractivity contribution in [2.75, 3.05) is 7.11 Å². The topological polar surface area (TPSA) is 21.3 Å². The maximum Gasteiger partial charge on any atom is 0.437 e. The molecule has 1 N–H and O–H groups in total. The number of hydrogen-bond donors (Lipinski definition) is 1. The summed E-state index contributed by atoms with van der Waals surface area (Å²) >= 11 is 2.92. The van der Waals surface area contributed by atoms with Crippen LogP contribution < -0.4 is 5.32 Å². The molecule has 0 aromatic rings. The molecule has 2 unspecified atom stereocenters. The standard InChI is InChI=1S/C12H12BrF7NO/c1-6-4-8(21-9(13,5-6)7(2)22-3)10(14,11(15,16)17)12(18,19)20/h4,7,21H,1-3H3. The van der Waals surface area contributed by atoms with Crippen LogP contribution in [-0.2, 0) is 4.74 Å². The van der Waals surface area contributed by atoms with Crippen LogP contribution in [0.5, 0.6) is 0 Å². The highest BCUT2D eigenvalue weighted by atomic mass is 79.9. The summed E-state index contributed by atoms with van der Waals surface area (Å²) in [5, 5.41) is 1.87. The maximum atomic E-state index is 14.1. The van der Waals surface area contributed by atoms with Crippen molar-refractivity contribution < 1.29 is 35.5 Å². The maximum absolute atomic E-state index is 14.1. The van der Waals surface area contributed by atoms with Gasteiger partial charge in [-0.15, -0.1) is 0 Å². The summed E-state index contributed by atoms with van der Waals surface area (Å²) in [6, 6.07) is 0.